The van der Waals surface area contributed by atoms with E-state index in [4.69, 9.17) is 4.74 Å². The van der Waals surface area contributed by atoms with Crippen LogP contribution in [-0.4, -0.2) is 12.7 Å². The predicted molar refractivity (Wildman–Crippen MR) is 61.4 cm³/mol. The summed E-state index contributed by atoms with van der Waals surface area (Å²) in [6, 6.07) is 10.4. The van der Waals surface area contributed by atoms with Crippen LogP contribution in [0.25, 0.3) is 6.08 Å². The van der Waals surface area contributed by atoms with Crippen LogP contribution in [0.3, 0.4) is 0 Å². The molecule has 15 heavy (non-hydrogen) atoms. The monoisotopic (exact) mass is 200 g/mol. The number of rotatable bonds is 2. The summed E-state index contributed by atoms with van der Waals surface area (Å²) >= 11 is 0. The normalized spacial score (nSPS) is 38.2. The van der Waals surface area contributed by atoms with Crippen molar-refractivity contribution < 1.29 is 4.74 Å². The summed E-state index contributed by atoms with van der Waals surface area (Å²) in [6.07, 6.45) is 6.10. The lowest BCUT2D eigenvalue weighted by Crippen LogP contribution is -2.05. The van der Waals surface area contributed by atoms with E-state index in [0.717, 1.165) is 12.5 Å². The fourth-order valence-corrected chi connectivity index (χ4v) is 2.48. The van der Waals surface area contributed by atoms with Crippen LogP contribution in [0, 0.1) is 11.3 Å². The predicted octanol–water partition coefficient (Wildman–Crippen LogP) is 3.12. The Kier molecular flexibility index (Phi) is 1.96. The highest BCUT2D eigenvalue weighted by atomic mass is 16.5. The van der Waals surface area contributed by atoms with E-state index in [-0.39, 0.29) is 0 Å². The van der Waals surface area contributed by atoms with E-state index in [1.165, 1.54) is 12.0 Å². The Morgan fingerprint density at radius 3 is 2.73 bits per heavy atom. The fraction of sp³-hybridized carbons (Fsp3) is 0.429. The topological polar surface area (TPSA) is 9.23 Å². The molecule has 3 rings (SSSR count). The second-order valence-electron chi connectivity index (χ2n) is 5.01. The highest BCUT2D eigenvalue weighted by Crippen LogP contribution is 2.59. The zero-order valence-electron chi connectivity index (χ0n) is 9.02. The Balaban J connectivity index is 1.69. The molecule has 1 nitrogen and oxygen atoms in total. The van der Waals surface area contributed by atoms with Crippen molar-refractivity contribution in [3.05, 3.63) is 42.0 Å². The van der Waals surface area contributed by atoms with Gasteiger partial charge in [0.25, 0.3) is 0 Å². The lowest BCUT2D eigenvalue weighted by molar-refractivity contribution is 0.104. The second-order valence-corrected chi connectivity index (χ2v) is 5.01. The maximum absolute atomic E-state index is 5.75. The van der Waals surface area contributed by atoms with Gasteiger partial charge in [-0.15, -0.1) is 0 Å². The molecule has 0 spiro atoms. The van der Waals surface area contributed by atoms with Gasteiger partial charge in [-0.1, -0.05) is 49.4 Å². The lowest BCUT2D eigenvalue weighted by Gasteiger charge is -2.05. The van der Waals surface area contributed by atoms with Crippen molar-refractivity contribution in [2.24, 2.45) is 11.3 Å². The second kappa shape index (κ2) is 3.21. The van der Waals surface area contributed by atoms with E-state index in [9.17, 15) is 0 Å². The van der Waals surface area contributed by atoms with Crippen LogP contribution in [0.4, 0.5) is 0 Å². The number of hydrogen-bond acceptors (Lipinski definition) is 1. The van der Waals surface area contributed by atoms with Gasteiger partial charge in [-0.3, -0.25) is 0 Å². The molecule has 1 aliphatic heterocycles. The van der Waals surface area contributed by atoms with Gasteiger partial charge in [-0.2, -0.15) is 0 Å². The Labute approximate surface area is 90.8 Å². The molecule has 2 aliphatic rings. The van der Waals surface area contributed by atoms with Gasteiger partial charge < -0.3 is 4.74 Å². The van der Waals surface area contributed by atoms with Crippen molar-refractivity contribution in [3.63, 3.8) is 0 Å². The quantitative estimate of drug-likeness (QED) is 0.712. The van der Waals surface area contributed by atoms with Crippen molar-refractivity contribution in [2.45, 2.75) is 19.4 Å². The molecule has 0 N–H and O–H groups in total. The maximum Gasteiger partial charge on any atom is 0.0793 e. The minimum atomic E-state index is 0.357. The molecule has 0 radical (unpaired) electrons. The summed E-state index contributed by atoms with van der Waals surface area (Å²) in [5.41, 5.74) is 1.77. The molecule has 1 aromatic carbocycles. The summed E-state index contributed by atoms with van der Waals surface area (Å²) in [5, 5.41) is 0. The van der Waals surface area contributed by atoms with E-state index in [2.05, 4.69) is 43.3 Å². The van der Waals surface area contributed by atoms with E-state index in [1.54, 1.807) is 0 Å². The average molecular weight is 200 g/mol. The van der Waals surface area contributed by atoms with Crippen LogP contribution in [0.5, 0.6) is 0 Å². The largest absolute Gasteiger partial charge is 0.373 e. The number of benzene rings is 1. The standard InChI is InChI=1S/C14H16O/c1-14-9-12(14)13(15-10-14)8-7-11-5-3-2-4-6-11/h2-8,12-13H,9-10H2,1H3/b8-7+/t12-,13-,14+/m0/s1. The molecule has 0 bridgehead atoms. The summed E-state index contributed by atoms with van der Waals surface area (Å²) in [7, 11) is 0. The molecule has 1 heteroatoms. The zero-order chi connectivity index (χ0) is 10.3. The molecule has 0 amide bonds. The van der Waals surface area contributed by atoms with Crippen molar-refractivity contribution in [3.8, 4) is 0 Å². The maximum atomic E-state index is 5.75. The van der Waals surface area contributed by atoms with Crippen LogP contribution >= 0.6 is 0 Å². The highest BCUT2D eigenvalue weighted by molar-refractivity contribution is 5.49. The van der Waals surface area contributed by atoms with E-state index >= 15 is 0 Å². The average Bonchev–Trinajstić information content (AvgIpc) is 2.84. The van der Waals surface area contributed by atoms with Gasteiger partial charge in [-0.25, -0.2) is 0 Å². The Morgan fingerprint density at radius 1 is 1.33 bits per heavy atom. The first-order valence-corrected chi connectivity index (χ1v) is 5.63. The first-order chi connectivity index (χ1) is 7.28. The van der Waals surface area contributed by atoms with Crippen LogP contribution in [0.15, 0.2) is 36.4 Å². The van der Waals surface area contributed by atoms with Gasteiger partial charge >= 0.3 is 0 Å². The molecular formula is C14H16O. The smallest absolute Gasteiger partial charge is 0.0793 e. The summed E-state index contributed by atoms with van der Waals surface area (Å²) < 4.78 is 5.75. The number of ether oxygens (including phenoxy) is 1. The molecule has 78 valence electrons. The van der Waals surface area contributed by atoms with Crippen molar-refractivity contribution >= 4 is 6.08 Å². The Morgan fingerprint density at radius 2 is 2.13 bits per heavy atom. The third kappa shape index (κ3) is 1.61. The molecular weight excluding hydrogens is 184 g/mol. The van der Waals surface area contributed by atoms with Gasteiger partial charge in [0.2, 0.25) is 0 Å². The molecule has 1 saturated carbocycles. The van der Waals surface area contributed by atoms with Crippen LogP contribution in [0.1, 0.15) is 18.9 Å². The molecule has 0 aromatic heterocycles. The number of hydrogen-bond donors (Lipinski definition) is 0. The Hall–Kier alpha value is -1.08. The molecule has 3 atom stereocenters. The van der Waals surface area contributed by atoms with Crippen LogP contribution in [-0.2, 0) is 4.74 Å². The molecule has 1 heterocycles. The Bertz CT molecular complexity index is 382. The fourth-order valence-electron chi connectivity index (χ4n) is 2.48. The van der Waals surface area contributed by atoms with Crippen molar-refractivity contribution in [1.29, 1.82) is 0 Å². The van der Waals surface area contributed by atoms with E-state index in [0.29, 0.717) is 11.5 Å². The minimum absolute atomic E-state index is 0.357. The van der Waals surface area contributed by atoms with E-state index in [1.807, 2.05) is 6.07 Å². The van der Waals surface area contributed by atoms with Gasteiger partial charge in [-0.05, 0) is 23.3 Å². The zero-order valence-corrected chi connectivity index (χ0v) is 9.02. The molecule has 1 aliphatic carbocycles. The number of fused-ring (bicyclic) bond motifs is 1. The third-order valence-corrected chi connectivity index (χ3v) is 3.70. The SMILES string of the molecule is C[C@@]12CO[C@@H](/C=C/c3ccccc3)[C@@H]1C2. The van der Waals surface area contributed by atoms with Gasteiger partial charge in [0.1, 0.15) is 0 Å². The van der Waals surface area contributed by atoms with Crippen LogP contribution in [0.2, 0.25) is 0 Å². The van der Waals surface area contributed by atoms with Gasteiger partial charge in [0, 0.05) is 0 Å². The summed E-state index contributed by atoms with van der Waals surface area (Å²) in [4.78, 5) is 0. The lowest BCUT2D eigenvalue weighted by atomic mass is 10.1. The van der Waals surface area contributed by atoms with Crippen molar-refractivity contribution in [1.82, 2.24) is 0 Å². The molecule has 1 aromatic rings. The highest BCUT2D eigenvalue weighted by Gasteiger charge is 2.58. The summed E-state index contributed by atoms with van der Waals surface area (Å²) in [6.45, 7) is 3.27. The molecule has 2 fully saturated rings. The third-order valence-electron chi connectivity index (χ3n) is 3.70. The summed E-state index contributed by atoms with van der Waals surface area (Å²) in [5.74, 6) is 0.775. The first-order valence-electron chi connectivity index (χ1n) is 5.63. The van der Waals surface area contributed by atoms with Gasteiger partial charge in [0.05, 0.1) is 12.7 Å². The minimum Gasteiger partial charge on any atom is -0.373 e. The molecule has 0 unspecified atom stereocenters. The van der Waals surface area contributed by atoms with Gasteiger partial charge in [0.15, 0.2) is 0 Å². The van der Waals surface area contributed by atoms with Crippen LogP contribution < -0.4 is 0 Å². The van der Waals surface area contributed by atoms with Crippen molar-refractivity contribution in [2.75, 3.05) is 6.61 Å². The molecule has 1 saturated heterocycles. The first kappa shape index (κ1) is 9.17. The van der Waals surface area contributed by atoms with E-state index < -0.39 is 0 Å².